The van der Waals surface area contributed by atoms with Crippen LogP contribution in [-0.4, -0.2) is 21.1 Å². The molecule has 5 heteroatoms. The molecule has 2 aromatic heterocycles. The monoisotopic (exact) mass is 499 g/mol. The Morgan fingerprint density at radius 3 is 2.47 bits per heavy atom. The summed E-state index contributed by atoms with van der Waals surface area (Å²) in [4.78, 5) is 9.70. The van der Waals surface area contributed by atoms with E-state index in [1.165, 1.54) is 80.7 Å². The Kier molecular flexibility index (Phi) is 7.44. The van der Waals surface area contributed by atoms with Crippen molar-refractivity contribution >= 4 is 37.6 Å². The summed E-state index contributed by atoms with van der Waals surface area (Å²) in [7, 11) is 2.12. The Morgan fingerprint density at radius 2 is 1.78 bits per heavy atom. The highest BCUT2D eigenvalue weighted by Gasteiger charge is 2.31. The van der Waals surface area contributed by atoms with E-state index in [0.717, 1.165) is 34.1 Å². The van der Waals surface area contributed by atoms with Crippen LogP contribution in [0.3, 0.4) is 0 Å². The normalized spacial score (nSPS) is 16.9. The van der Waals surface area contributed by atoms with Gasteiger partial charge in [0.05, 0.1) is 17.8 Å². The Balaban J connectivity index is 1.66. The highest BCUT2D eigenvalue weighted by atomic mass is 79.9. The molecule has 1 aromatic carbocycles. The van der Waals surface area contributed by atoms with Crippen molar-refractivity contribution in [2.45, 2.75) is 91.4 Å². The zero-order chi connectivity index (χ0) is 22.7. The van der Waals surface area contributed by atoms with Gasteiger partial charge in [-0.25, -0.2) is 0 Å². The van der Waals surface area contributed by atoms with Crippen molar-refractivity contribution in [1.29, 1.82) is 0 Å². The third kappa shape index (κ3) is 4.69. The highest BCUT2D eigenvalue weighted by molar-refractivity contribution is 9.10. The molecule has 0 unspecified atom stereocenters. The van der Waals surface area contributed by atoms with Crippen LogP contribution in [0.4, 0.5) is 0 Å². The maximum absolute atomic E-state index is 6.39. The van der Waals surface area contributed by atoms with Crippen LogP contribution in [0.5, 0.6) is 6.01 Å². The van der Waals surface area contributed by atoms with Crippen LogP contribution in [0.15, 0.2) is 16.7 Å². The van der Waals surface area contributed by atoms with Crippen molar-refractivity contribution in [3.63, 3.8) is 0 Å². The van der Waals surface area contributed by atoms with Crippen LogP contribution < -0.4 is 4.74 Å². The molecule has 4 rings (SSSR count). The first-order chi connectivity index (χ1) is 15.5. The number of hydrogen-bond donors (Lipinski definition) is 0. The van der Waals surface area contributed by atoms with Crippen LogP contribution in [0.1, 0.15) is 89.4 Å². The van der Waals surface area contributed by atoms with Gasteiger partial charge in [-0.05, 0) is 38.7 Å². The molecule has 174 valence electrons. The third-order valence-electron chi connectivity index (χ3n) is 7.49. The van der Waals surface area contributed by atoms with Crippen LogP contribution in [0.25, 0.3) is 21.7 Å². The lowest BCUT2D eigenvalue weighted by molar-refractivity contribution is 0.0903. The fourth-order valence-corrected chi connectivity index (χ4v) is 6.36. The summed E-state index contributed by atoms with van der Waals surface area (Å²) in [5.41, 5.74) is 3.56. The maximum atomic E-state index is 6.39. The van der Waals surface area contributed by atoms with Gasteiger partial charge in [-0.15, -0.1) is 0 Å². The molecular weight excluding hydrogens is 462 g/mol. The Hall–Kier alpha value is -1.62. The molecule has 0 bridgehead atoms. The summed E-state index contributed by atoms with van der Waals surface area (Å²) in [5.74, 6) is 0. The van der Waals surface area contributed by atoms with E-state index >= 15 is 0 Å². The van der Waals surface area contributed by atoms with Crippen molar-refractivity contribution in [3.8, 4) is 6.01 Å². The number of aromatic nitrogens is 3. The van der Waals surface area contributed by atoms with E-state index in [2.05, 4.69) is 60.6 Å². The lowest BCUT2D eigenvalue weighted by atomic mass is 9.73. The average Bonchev–Trinajstić information content (AvgIpc) is 3.09. The van der Waals surface area contributed by atoms with E-state index in [-0.39, 0.29) is 5.41 Å². The predicted molar refractivity (Wildman–Crippen MR) is 138 cm³/mol. The first-order valence-electron chi connectivity index (χ1n) is 12.6. The standard InChI is InChI=1S/C27H38BrN3O/c1-5-7-13-27(14-11-9-8-10-12-15-27)18-32-26-29-19(3)24-20-17-31(4)23(6-2)25(20)21(28)16-22(24)30-26/h16-17H,5-15,18H2,1-4H3. The summed E-state index contributed by atoms with van der Waals surface area (Å²) in [6, 6.07) is 2.67. The molecule has 3 aromatic rings. The summed E-state index contributed by atoms with van der Waals surface area (Å²) in [5, 5.41) is 3.63. The van der Waals surface area contributed by atoms with Gasteiger partial charge in [0.15, 0.2) is 0 Å². The number of nitrogens with zero attached hydrogens (tertiary/aromatic N) is 3. The molecule has 0 spiro atoms. The number of rotatable bonds is 7. The van der Waals surface area contributed by atoms with Crippen molar-refractivity contribution in [1.82, 2.24) is 14.5 Å². The van der Waals surface area contributed by atoms with Gasteiger partial charge in [0.1, 0.15) is 0 Å². The first-order valence-corrected chi connectivity index (χ1v) is 13.3. The minimum absolute atomic E-state index is 0.280. The topological polar surface area (TPSA) is 39.9 Å². The molecular formula is C27H38BrN3O. The summed E-state index contributed by atoms with van der Waals surface area (Å²) >= 11 is 3.81. The molecule has 0 aliphatic heterocycles. The quantitative estimate of drug-likeness (QED) is 0.329. The van der Waals surface area contributed by atoms with Gasteiger partial charge in [-0.3, -0.25) is 0 Å². The maximum Gasteiger partial charge on any atom is 0.317 e. The van der Waals surface area contributed by atoms with Gasteiger partial charge in [-0.2, -0.15) is 9.97 Å². The summed E-state index contributed by atoms with van der Waals surface area (Å²) in [6.45, 7) is 7.33. The molecule has 1 aliphatic carbocycles. The second-order valence-electron chi connectivity index (χ2n) is 9.83. The van der Waals surface area contributed by atoms with Crippen molar-refractivity contribution in [2.24, 2.45) is 12.5 Å². The number of ether oxygens (including phenoxy) is 1. The second kappa shape index (κ2) is 10.1. The molecule has 0 saturated heterocycles. The van der Waals surface area contributed by atoms with E-state index in [0.29, 0.717) is 6.01 Å². The van der Waals surface area contributed by atoms with E-state index in [1.807, 2.05) is 0 Å². The zero-order valence-corrected chi connectivity index (χ0v) is 21.9. The van der Waals surface area contributed by atoms with Gasteiger partial charge < -0.3 is 9.30 Å². The van der Waals surface area contributed by atoms with E-state index in [4.69, 9.17) is 14.7 Å². The van der Waals surface area contributed by atoms with Crippen LogP contribution >= 0.6 is 15.9 Å². The third-order valence-corrected chi connectivity index (χ3v) is 8.12. The van der Waals surface area contributed by atoms with Gasteiger partial charge in [0.25, 0.3) is 0 Å². The van der Waals surface area contributed by atoms with Gasteiger partial charge >= 0.3 is 6.01 Å². The molecule has 32 heavy (non-hydrogen) atoms. The minimum atomic E-state index is 0.280. The van der Waals surface area contributed by atoms with Crippen molar-refractivity contribution < 1.29 is 4.74 Å². The van der Waals surface area contributed by atoms with Crippen molar-refractivity contribution in [3.05, 3.63) is 28.1 Å². The SMILES string of the molecule is CCCCC1(COc2nc(C)c3c(cc(Br)c4c(CC)n(C)cc43)n2)CCCCCCC1. The van der Waals surface area contributed by atoms with Crippen LogP contribution in [-0.2, 0) is 13.5 Å². The van der Waals surface area contributed by atoms with Gasteiger partial charge in [-0.1, -0.05) is 74.7 Å². The lowest BCUT2D eigenvalue weighted by Gasteiger charge is -2.35. The smallest absolute Gasteiger partial charge is 0.317 e. The number of benzene rings is 1. The molecule has 0 atom stereocenters. The second-order valence-corrected chi connectivity index (χ2v) is 10.7. The number of fused-ring (bicyclic) bond motifs is 3. The highest BCUT2D eigenvalue weighted by Crippen LogP contribution is 2.40. The van der Waals surface area contributed by atoms with E-state index in [9.17, 15) is 0 Å². The Bertz CT molecular complexity index is 1070. The van der Waals surface area contributed by atoms with Crippen LogP contribution in [0.2, 0.25) is 0 Å². The summed E-state index contributed by atoms with van der Waals surface area (Å²) in [6.07, 6.45) is 16.3. The summed E-state index contributed by atoms with van der Waals surface area (Å²) < 4.78 is 9.72. The largest absolute Gasteiger partial charge is 0.463 e. The predicted octanol–water partition coefficient (Wildman–Crippen LogP) is 8.05. The molecule has 0 N–H and O–H groups in total. The molecule has 1 aliphatic rings. The number of unbranched alkanes of at least 4 members (excludes halogenated alkanes) is 1. The zero-order valence-electron chi connectivity index (χ0n) is 20.3. The van der Waals surface area contributed by atoms with Gasteiger partial charge in [0.2, 0.25) is 0 Å². The Labute approximate surface area is 201 Å². The lowest BCUT2D eigenvalue weighted by Crippen LogP contribution is -2.30. The Morgan fingerprint density at radius 1 is 1.06 bits per heavy atom. The number of halogens is 1. The molecule has 0 amide bonds. The minimum Gasteiger partial charge on any atom is -0.463 e. The van der Waals surface area contributed by atoms with Crippen molar-refractivity contribution in [2.75, 3.05) is 6.61 Å². The van der Waals surface area contributed by atoms with Crippen LogP contribution in [0, 0.1) is 12.3 Å². The fourth-order valence-electron chi connectivity index (χ4n) is 5.70. The van der Waals surface area contributed by atoms with E-state index in [1.54, 1.807) is 0 Å². The van der Waals surface area contributed by atoms with E-state index < -0.39 is 0 Å². The number of aryl methyl sites for hydroxylation is 3. The molecule has 0 radical (unpaired) electrons. The molecule has 1 fully saturated rings. The molecule has 4 nitrogen and oxygen atoms in total. The molecule has 1 saturated carbocycles. The average molecular weight is 501 g/mol. The van der Waals surface area contributed by atoms with Gasteiger partial charge in [0, 0.05) is 45.0 Å². The first kappa shape index (κ1) is 23.5. The molecule has 2 heterocycles. The number of hydrogen-bond acceptors (Lipinski definition) is 3. The fraction of sp³-hybridized carbons (Fsp3) is 0.630.